The van der Waals surface area contributed by atoms with E-state index in [9.17, 15) is 22.7 Å². The SMILES string of the molecule is NCCC(O)c1ccc(C(F)(F)F)cc1F. The number of aliphatic hydroxyl groups is 1. The van der Waals surface area contributed by atoms with Crippen molar-refractivity contribution in [1.82, 2.24) is 0 Å². The summed E-state index contributed by atoms with van der Waals surface area (Å²) in [4.78, 5) is 0. The molecule has 0 radical (unpaired) electrons. The minimum absolute atomic E-state index is 0.0995. The van der Waals surface area contributed by atoms with Gasteiger partial charge < -0.3 is 10.8 Å². The monoisotopic (exact) mass is 237 g/mol. The molecule has 0 aliphatic carbocycles. The van der Waals surface area contributed by atoms with Crippen molar-refractivity contribution in [3.8, 4) is 0 Å². The molecular formula is C10H11F4NO. The Morgan fingerprint density at radius 3 is 2.38 bits per heavy atom. The Morgan fingerprint density at radius 1 is 1.31 bits per heavy atom. The van der Waals surface area contributed by atoms with Crippen molar-refractivity contribution in [3.63, 3.8) is 0 Å². The first kappa shape index (κ1) is 12.9. The van der Waals surface area contributed by atoms with Crippen LogP contribution in [0, 0.1) is 5.82 Å². The van der Waals surface area contributed by atoms with Crippen molar-refractivity contribution in [2.75, 3.05) is 6.54 Å². The number of aliphatic hydroxyl groups excluding tert-OH is 1. The molecular weight excluding hydrogens is 226 g/mol. The van der Waals surface area contributed by atoms with Crippen LogP contribution < -0.4 is 5.73 Å². The van der Waals surface area contributed by atoms with Crippen LogP contribution in [0.5, 0.6) is 0 Å². The molecule has 2 nitrogen and oxygen atoms in total. The second-order valence-corrected chi connectivity index (χ2v) is 3.33. The molecule has 0 fully saturated rings. The molecule has 1 aromatic rings. The summed E-state index contributed by atoms with van der Waals surface area (Å²) in [5, 5.41) is 9.39. The van der Waals surface area contributed by atoms with E-state index in [1.165, 1.54) is 0 Å². The lowest BCUT2D eigenvalue weighted by Crippen LogP contribution is -2.10. The molecule has 0 bridgehead atoms. The molecule has 0 spiro atoms. The predicted molar refractivity (Wildman–Crippen MR) is 50.0 cm³/mol. The van der Waals surface area contributed by atoms with Gasteiger partial charge in [-0.15, -0.1) is 0 Å². The third-order valence-corrected chi connectivity index (χ3v) is 2.13. The first-order valence-electron chi connectivity index (χ1n) is 4.61. The fraction of sp³-hybridized carbons (Fsp3) is 0.400. The maximum atomic E-state index is 13.3. The zero-order chi connectivity index (χ0) is 12.3. The highest BCUT2D eigenvalue weighted by Crippen LogP contribution is 2.31. The van der Waals surface area contributed by atoms with E-state index in [1.54, 1.807) is 0 Å². The summed E-state index contributed by atoms with van der Waals surface area (Å²) in [5.41, 5.74) is 3.91. The minimum atomic E-state index is -4.59. The molecule has 16 heavy (non-hydrogen) atoms. The van der Waals surface area contributed by atoms with Crippen LogP contribution in [0.3, 0.4) is 0 Å². The molecule has 3 N–H and O–H groups in total. The van der Waals surface area contributed by atoms with E-state index < -0.39 is 23.7 Å². The Labute approximate surface area is 89.7 Å². The van der Waals surface area contributed by atoms with Crippen molar-refractivity contribution in [2.24, 2.45) is 5.73 Å². The van der Waals surface area contributed by atoms with Gasteiger partial charge in [0, 0.05) is 5.56 Å². The first-order chi connectivity index (χ1) is 7.36. The summed E-state index contributed by atoms with van der Waals surface area (Å²) in [6.07, 6.45) is -5.66. The summed E-state index contributed by atoms with van der Waals surface area (Å²) in [6.45, 7) is 0.127. The van der Waals surface area contributed by atoms with E-state index in [2.05, 4.69) is 0 Å². The summed E-state index contributed by atoms with van der Waals surface area (Å²) >= 11 is 0. The summed E-state index contributed by atoms with van der Waals surface area (Å²) in [5.74, 6) is -1.07. The van der Waals surface area contributed by atoms with Crippen LogP contribution >= 0.6 is 0 Å². The van der Waals surface area contributed by atoms with Crippen molar-refractivity contribution >= 4 is 0 Å². The van der Waals surface area contributed by atoms with Crippen molar-refractivity contribution < 1.29 is 22.7 Å². The summed E-state index contributed by atoms with van der Waals surface area (Å²) < 4.78 is 49.9. The second kappa shape index (κ2) is 4.80. The molecule has 0 heterocycles. The average molecular weight is 237 g/mol. The lowest BCUT2D eigenvalue weighted by molar-refractivity contribution is -0.137. The zero-order valence-electron chi connectivity index (χ0n) is 8.26. The summed E-state index contributed by atoms with van der Waals surface area (Å²) in [6, 6.07) is 2.03. The molecule has 6 heteroatoms. The van der Waals surface area contributed by atoms with E-state index in [0.29, 0.717) is 6.07 Å². The Morgan fingerprint density at radius 2 is 1.94 bits per heavy atom. The Kier molecular flexibility index (Phi) is 3.88. The van der Waals surface area contributed by atoms with Crippen LogP contribution in [0.2, 0.25) is 0 Å². The Hall–Kier alpha value is -1.14. The standard InChI is InChI=1S/C10H11F4NO/c11-8-5-6(10(12,13)14)1-2-7(8)9(16)3-4-15/h1-2,5,9,16H,3-4,15H2. The predicted octanol–water partition coefficient (Wildman–Crippen LogP) is 2.23. The molecule has 0 saturated carbocycles. The number of nitrogens with two attached hydrogens (primary N) is 1. The van der Waals surface area contributed by atoms with Crippen LogP contribution in [-0.4, -0.2) is 11.7 Å². The van der Waals surface area contributed by atoms with E-state index in [0.717, 1.165) is 12.1 Å². The van der Waals surface area contributed by atoms with E-state index >= 15 is 0 Å². The van der Waals surface area contributed by atoms with Gasteiger partial charge in [-0.25, -0.2) is 4.39 Å². The van der Waals surface area contributed by atoms with Gasteiger partial charge in [-0.1, -0.05) is 6.07 Å². The van der Waals surface area contributed by atoms with Gasteiger partial charge in [0.2, 0.25) is 0 Å². The van der Waals surface area contributed by atoms with Gasteiger partial charge >= 0.3 is 6.18 Å². The molecule has 0 aromatic heterocycles. The highest BCUT2D eigenvalue weighted by Gasteiger charge is 2.31. The van der Waals surface area contributed by atoms with Crippen molar-refractivity contribution in [3.05, 3.63) is 35.1 Å². The number of hydrogen-bond donors (Lipinski definition) is 2. The molecule has 0 amide bonds. The summed E-state index contributed by atoms with van der Waals surface area (Å²) in [7, 11) is 0. The number of hydrogen-bond acceptors (Lipinski definition) is 2. The molecule has 1 atom stereocenters. The Balaban J connectivity index is 3.00. The molecule has 1 aromatic carbocycles. The Bertz CT molecular complexity index is 364. The molecule has 0 saturated heterocycles. The maximum absolute atomic E-state index is 13.3. The molecule has 1 unspecified atom stereocenters. The van der Waals surface area contributed by atoms with Gasteiger partial charge in [0.15, 0.2) is 0 Å². The number of alkyl halides is 3. The molecule has 90 valence electrons. The van der Waals surface area contributed by atoms with Gasteiger partial charge in [0.25, 0.3) is 0 Å². The second-order valence-electron chi connectivity index (χ2n) is 3.33. The topological polar surface area (TPSA) is 46.2 Å². The van der Waals surface area contributed by atoms with Crippen LogP contribution in [0.25, 0.3) is 0 Å². The molecule has 0 aliphatic rings. The zero-order valence-corrected chi connectivity index (χ0v) is 8.26. The van der Waals surface area contributed by atoms with E-state index in [4.69, 9.17) is 5.73 Å². The third-order valence-electron chi connectivity index (χ3n) is 2.13. The van der Waals surface area contributed by atoms with Crippen molar-refractivity contribution in [1.29, 1.82) is 0 Å². The fourth-order valence-electron chi connectivity index (χ4n) is 1.29. The lowest BCUT2D eigenvalue weighted by atomic mass is 10.0. The van der Waals surface area contributed by atoms with Crippen LogP contribution in [0.4, 0.5) is 17.6 Å². The van der Waals surface area contributed by atoms with Crippen molar-refractivity contribution in [2.45, 2.75) is 18.7 Å². The molecule has 0 aliphatic heterocycles. The van der Waals surface area contributed by atoms with Gasteiger partial charge in [-0.3, -0.25) is 0 Å². The van der Waals surface area contributed by atoms with Gasteiger partial charge in [-0.2, -0.15) is 13.2 Å². The van der Waals surface area contributed by atoms with Gasteiger partial charge in [0.05, 0.1) is 11.7 Å². The largest absolute Gasteiger partial charge is 0.416 e. The number of halogens is 4. The normalized spacial score (nSPS) is 13.9. The van der Waals surface area contributed by atoms with E-state index in [1.807, 2.05) is 0 Å². The highest BCUT2D eigenvalue weighted by molar-refractivity contribution is 5.27. The average Bonchev–Trinajstić information content (AvgIpc) is 2.16. The lowest BCUT2D eigenvalue weighted by Gasteiger charge is -2.13. The third kappa shape index (κ3) is 2.93. The van der Waals surface area contributed by atoms with Gasteiger partial charge in [-0.05, 0) is 25.1 Å². The highest BCUT2D eigenvalue weighted by atomic mass is 19.4. The fourth-order valence-corrected chi connectivity index (χ4v) is 1.29. The quantitative estimate of drug-likeness (QED) is 0.792. The van der Waals surface area contributed by atoms with Crippen LogP contribution in [0.1, 0.15) is 23.7 Å². The van der Waals surface area contributed by atoms with Gasteiger partial charge in [0.1, 0.15) is 5.82 Å². The number of rotatable bonds is 3. The minimum Gasteiger partial charge on any atom is -0.388 e. The first-order valence-corrected chi connectivity index (χ1v) is 4.61. The van der Waals surface area contributed by atoms with E-state index in [-0.39, 0.29) is 18.5 Å². The number of benzene rings is 1. The van der Waals surface area contributed by atoms with Crippen LogP contribution in [0.15, 0.2) is 18.2 Å². The molecule has 1 rings (SSSR count). The van der Waals surface area contributed by atoms with Crippen LogP contribution in [-0.2, 0) is 6.18 Å². The maximum Gasteiger partial charge on any atom is 0.416 e. The smallest absolute Gasteiger partial charge is 0.388 e.